The Morgan fingerprint density at radius 3 is 2.92 bits per heavy atom. The molecule has 0 saturated carbocycles. The normalized spacial score (nSPS) is 29.6. The number of carbonyl (C=O) groups excluding carboxylic acids is 1. The van der Waals surface area contributed by atoms with E-state index >= 15 is 0 Å². The molecule has 0 radical (unpaired) electrons. The molecule has 0 aromatic heterocycles. The number of cyclic esters (lactones) is 1. The Hall–Kier alpha value is -2.12. The second kappa shape index (κ2) is 6.31. The molecule has 134 valence electrons. The third kappa shape index (κ3) is 3.09. The summed E-state index contributed by atoms with van der Waals surface area (Å²) in [5.74, 6) is -0.255. The Balaban J connectivity index is 1.48. The zero-order valence-electron chi connectivity index (χ0n) is 14.2. The maximum atomic E-state index is 11.9. The van der Waals surface area contributed by atoms with E-state index in [4.69, 9.17) is 14.6 Å². The van der Waals surface area contributed by atoms with Crippen molar-refractivity contribution in [2.75, 3.05) is 32.8 Å². The number of rotatable bonds is 1. The number of benzene rings is 1. The Morgan fingerprint density at radius 2 is 2.12 bits per heavy atom. The van der Waals surface area contributed by atoms with E-state index in [0.717, 1.165) is 30.6 Å². The lowest BCUT2D eigenvalue weighted by atomic mass is 9.94. The molecule has 0 unspecified atom stereocenters. The van der Waals surface area contributed by atoms with Crippen LogP contribution in [0, 0.1) is 0 Å². The minimum atomic E-state index is -0.863. The number of fused-ring (bicyclic) bond motifs is 2. The van der Waals surface area contributed by atoms with E-state index in [1.807, 2.05) is 19.1 Å². The van der Waals surface area contributed by atoms with Gasteiger partial charge in [-0.25, -0.2) is 9.59 Å². The van der Waals surface area contributed by atoms with Crippen LogP contribution in [0.25, 0.3) is 0 Å². The second-order valence-corrected chi connectivity index (χ2v) is 7.04. The Bertz CT molecular complexity index is 707. The van der Waals surface area contributed by atoms with Gasteiger partial charge in [-0.1, -0.05) is 12.1 Å². The number of amides is 1. The fourth-order valence-corrected chi connectivity index (χ4v) is 3.94. The van der Waals surface area contributed by atoms with Gasteiger partial charge in [-0.15, -0.1) is 0 Å². The molecule has 7 nitrogen and oxygen atoms in total. The number of nitrogens with zero attached hydrogens (tertiary/aromatic N) is 2. The van der Waals surface area contributed by atoms with Crippen molar-refractivity contribution in [3.05, 3.63) is 34.9 Å². The first-order valence-corrected chi connectivity index (χ1v) is 8.68. The molecule has 3 atom stereocenters. The van der Waals surface area contributed by atoms with E-state index in [1.54, 1.807) is 0 Å². The summed E-state index contributed by atoms with van der Waals surface area (Å²) in [5, 5.41) is 9.14. The largest absolute Gasteiger partial charge is 0.465 e. The fraction of sp³-hybridized carbons (Fsp3) is 0.556. The number of esters is 1. The molecule has 4 rings (SSSR count). The summed E-state index contributed by atoms with van der Waals surface area (Å²) in [6.07, 6.45) is -0.290. The topological polar surface area (TPSA) is 79.3 Å². The first-order chi connectivity index (χ1) is 12.0. The van der Waals surface area contributed by atoms with Crippen molar-refractivity contribution in [2.24, 2.45) is 0 Å². The van der Waals surface area contributed by atoms with Crippen molar-refractivity contribution < 1.29 is 24.2 Å². The maximum Gasteiger partial charge on any atom is 0.407 e. The predicted octanol–water partition coefficient (Wildman–Crippen LogP) is 1.52. The molecule has 1 aromatic carbocycles. The van der Waals surface area contributed by atoms with E-state index in [1.165, 1.54) is 4.90 Å². The quantitative estimate of drug-likeness (QED) is 0.777. The minimum Gasteiger partial charge on any atom is -0.465 e. The molecule has 0 aliphatic carbocycles. The van der Waals surface area contributed by atoms with Gasteiger partial charge in [0, 0.05) is 32.6 Å². The van der Waals surface area contributed by atoms with Crippen LogP contribution in [0.1, 0.15) is 34.5 Å². The van der Waals surface area contributed by atoms with E-state index in [9.17, 15) is 9.59 Å². The molecule has 0 bridgehead atoms. The van der Waals surface area contributed by atoms with Crippen molar-refractivity contribution in [1.82, 2.24) is 9.80 Å². The van der Waals surface area contributed by atoms with E-state index in [-0.39, 0.29) is 24.2 Å². The molecule has 1 aromatic rings. The summed E-state index contributed by atoms with van der Waals surface area (Å²) in [6.45, 7) is 4.92. The highest BCUT2D eigenvalue weighted by atomic mass is 16.5. The van der Waals surface area contributed by atoms with Gasteiger partial charge in [0.2, 0.25) is 0 Å². The summed E-state index contributed by atoms with van der Waals surface area (Å²) in [6, 6.07) is 5.95. The van der Waals surface area contributed by atoms with Crippen molar-refractivity contribution in [3.8, 4) is 0 Å². The lowest BCUT2D eigenvalue weighted by Crippen LogP contribution is -2.59. The smallest absolute Gasteiger partial charge is 0.407 e. The van der Waals surface area contributed by atoms with Gasteiger partial charge in [0.15, 0.2) is 0 Å². The molecular weight excluding hydrogens is 324 g/mol. The summed E-state index contributed by atoms with van der Waals surface area (Å²) in [7, 11) is 0. The van der Waals surface area contributed by atoms with Gasteiger partial charge in [-0.3, -0.25) is 4.90 Å². The van der Waals surface area contributed by atoms with E-state index < -0.39 is 6.09 Å². The van der Waals surface area contributed by atoms with Gasteiger partial charge in [-0.2, -0.15) is 0 Å². The van der Waals surface area contributed by atoms with Gasteiger partial charge < -0.3 is 19.5 Å². The zero-order chi connectivity index (χ0) is 17.6. The highest BCUT2D eigenvalue weighted by Crippen LogP contribution is 2.30. The van der Waals surface area contributed by atoms with Crippen LogP contribution in [0.5, 0.6) is 0 Å². The molecule has 2 saturated heterocycles. The summed E-state index contributed by atoms with van der Waals surface area (Å²) < 4.78 is 11.3. The maximum absolute atomic E-state index is 11.9. The van der Waals surface area contributed by atoms with Crippen LogP contribution in [0.15, 0.2) is 18.2 Å². The van der Waals surface area contributed by atoms with Crippen molar-refractivity contribution in [1.29, 1.82) is 0 Å². The standard InChI is InChI=1S/C18H22N2O5/c1-11-6-13-7-12(2-3-15(13)17(21)25-11)16-9-19-4-5-20(18(22)23)8-14(19)10-24-16/h2-3,7,11,14,16H,4-6,8-10H2,1H3,(H,22,23)/t11-,14+,16+/m0/s1. The van der Waals surface area contributed by atoms with E-state index in [2.05, 4.69) is 11.0 Å². The first-order valence-electron chi connectivity index (χ1n) is 8.68. The third-order valence-corrected chi connectivity index (χ3v) is 5.30. The first kappa shape index (κ1) is 16.4. The minimum absolute atomic E-state index is 0.0498. The van der Waals surface area contributed by atoms with Gasteiger partial charge in [-0.05, 0) is 24.1 Å². The average molecular weight is 346 g/mol. The lowest BCUT2D eigenvalue weighted by molar-refractivity contribution is -0.0867. The number of carboxylic acid groups (broad SMARTS) is 1. The third-order valence-electron chi connectivity index (χ3n) is 5.30. The molecule has 1 N–H and O–H groups in total. The molecule has 2 fully saturated rings. The Labute approximate surface area is 146 Å². The van der Waals surface area contributed by atoms with Crippen molar-refractivity contribution in [3.63, 3.8) is 0 Å². The molecule has 7 heteroatoms. The highest BCUT2D eigenvalue weighted by Gasteiger charge is 2.36. The predicted molar refractivity (Wildman–Crippen MR) is 88.7 cm³/mol. The summed E-state index contributed by atoms with van der Waals surface area (Å²) >= 11 is 0. The Kier molecular flexibility index (Phi) is 4.13. The fourth-order valence-electron chi connectivity index (χ4n) is 3.94. The second-order valence-electron chi connectivity index (χ2n) is 7.04. The summed E-state index contributed by atoms with van der Waals surface area (Å²) in [5.41, 5.74) is 2.73. The number of ether oxygens (including phenoxy) is 2. The number of morpholine rings is 1. The van der Waals surface area contributed by atoms with Crippen LogP contribution in [0.4, 0.5) is 4.79 Å². The average Bonchev–Trinajstić information content (AvgIpc) is 2.60. The number of hydrogen-bond acceptors (Lipinski definition) is 5. The van der Waals surface area contributed by atoms with Crippen LogP contribution in [-0.4, -0.2) is 71.9 Å². The van der Waals surface area contributed by atoms with Gasteiger partial charge in [0.25, 0.3) is 0 Å². The lowest BCUT2D eigenvalue weighted by Gasteiger charge is -2.45. The van der Waals surface area contributed by atoms with Gasteiger partial charge in [0.05, 0.1) is 24.3 Å². The summed E-state index contributed by atoms with van der Waals surface area (Å²) in [4.78, 5) is 26.8. The number of carbonyl (C=O) groups is 2. The molecule has 0 spiro atoms. The highest BCUT2D eigenvalue weighted by molar-refractivity contribution is 5.92. The zero-order valence-corrected chi connectivity index (χ0v) is 14.2. The van der Waals surface area contributed by atoms with Gasteiger partial charge in [0.1, 0.15) is 6.10 Å². The SMILES string of the molecule is C[C@H]1Cc2cc([C@H]3CN4CCN(C(=O)O)C[C@@H]4CO3)ccc2C(=O)O1. The van der Waals surface area contributed by atoms with Crippen LogP contribution in [0.3, 0.4) is 0 Å². The van der Waals surface area contributed by atoms with Gasteiger partial charge >= 0.3 is 12.1 Å². The van der Waals surface area contributed by atoms with E-state index in [0.29, 0.717) is 25.3 Å². The molecule has 3 heterocycles. The molecule has 3 aliphatic rings. The number of piperazine rings is 1. The monoisotopic (exact) mass is 346 g/mol. The molecular formula is C18H22N2O5. The Morgan fingerprint density at radius 1 is 1.28 bits per heavy atom. The van der Waals surface area contributed by atoms with Crippen LogP contribution in [-0.2, 0) is 15.9 Å². The number of hydrogen-bond donors (Lipinski definition) is 1. The molecule has 3 aliphatic heterocycles. The van der Waals surface area contributed by atoms with Crippen molar-refractivity contribution in [2.45, 2.75) is 31.6 Å². The van der Waals surface area contributed by atoms with Crippen molar-refractivity contribution >= 4 is 12.1 Å². The molecule has 1 amide bonds. The molecule has 25 heavy (non-hydrogen) atoms. The van der Waals surface area contributed by atoms with Crippen LogP contribution >= 0.6 is 0 Å². The van der Waals surface area contributed by atoms with Crippen LogP contribution < -0.4 is 0 Å². The van der Waals surface area contributed by atoms with Crippen LogP contribution in [0.2, 0.25) is 0 Å².